The van der Waals surface area contributed by atoms with Gasteiger partial charge in [0.1, 0.15) is 13.2 Å². The molecule has 1 heterocycles. The fourth-order valence-electron chi connectivity index (χ4n) is 4.25. The highest BCUT2D eigenvalue weighted by Gasteiger charge is 2.21. The molecule has 0 aromatic heterocycles. The minimum atomic E-state index is -0.982. The maximum atomic E-state index is 15.2. The molecule has 0 bridgehead atoms. The second-order valence-electron chi connectivity index (χ2n) is 8.75. The van der Waals surface area contributed by atoms with Gasteiger partial charge in [-0.15, -0.1) is 0 Å². The van der Waals surface area contributed by atoms with Crippen molar-refractivity contribution in [3.05, 3.63) is 82.2 Å². The summed E-state index contributed by atoms with van der Waals surface area (Å²) >= 11 is 0. The molecule has 0 fully saturated rings. The second-order valence-corrected chi connectivity index (χ2v) is 8.75. The van der Waals surface area contributed by atoms with Gasteiger partial charge in [-0.1, -0.05) is 48.6 Å². The summed E-state index contributed by atoms with van der Waals surface area (Å²) in [6.45, 7) is 4.35. The SMILES string of the molecule is Cc1ccc(CCC(CO)C(=O)O)cc1/C=C/c1cccc(-c2ccc3c(c2F)OCCO3)c1C. The van der Waals surface area contributed by atoms with Crippen molar-refractivity contribution in [2.24, 2.45) is 5.92 Å². The maximum Gasteiger partial charge on any atom is 0.308 e. The van der Waals surface area contributed by atoms with E-state index in [1.807, 2.05) is 62.4 Å². The summed E-state index contributed by atoms with van der Waals surface area (Å²) in [6.07, 6.45) is 4.97. The van der Waals surface area contributed by atoms with Crippen LogP contribution in [0.3, 0.4) is 0 Å². The molecule has 1 atom stereocenters. The van der Waals surface area contributed by atoms with Gasteiger partial charge in [-0.25, -0.2) is 4.39 Å². The number of carbonyl (C=O) groups is 1. The van der Waals surface area contributed by atoms with E-state index in [0.29, 0.717) is 37.4 Å². The van der Waals surface area contributed by atoms with E-state index in [4.69, 9.17) is 14.6 Å². The lowest BCUT2D eigenvalue weighted by Gasteiger charge is -2.20. The van der Waals surface area contributed by atoms with Crippen molar-refractivity contribution in [3.63, 3.8) is 0 Å². The fourth-order valence-corrected chi connectivity index (χ4v) is 4.25. The number of rotatable bonds is 8. The van der Waals surface area contributed by atoms with Crippen LogP contribution in [0.25, 0.3) is 23.3 Å². The highest BCUT2D eigenvalue weighted by Crippen LogP contribution is 2.40. The number of fused-ring (bicyclic) bond motifs is 1. The number of aryl methyl sites for hydroxylation is 2. The van der Waals surface area contributed by atoms with Crippen molar-refractivity contribution in [1.82, 2.24) is 0 Å². The first-order valence-electron chi connectivity index (χ1n) is 11.7. The zero-order valence-corrected chi connectivity index (χ0v) is 19.9. The molecule has 1 unspecified atom stereocenters. The molecule has 0 aliphatic carbocycles. The summed E-state index contributed by atoms with van der Waals surface area (Å²) in [6, 6.07) is 15.3. The normalized spacial score (nSPS) is 13.7. The minimum absolute atomic E-state index is 0.160. The lowest BCUT2D eigenvalue weighted by molar-refractivity contribution is -0.143. The lowest BCUT2D eigenvalue weighted by atomic mass is 9.94. The van der Waals surface area contributed by atoms with E-state index >= 15 is 4.39 Å². The molecule has 182 valence electrons. The van der Waals surface area contributed by atoms with E-state index in [1.165, 1.54) is 0 Å². The van der Waals surface area contributed by atoms with Gasteiger partial charge in [-0.2, -0.15) is 0 Å². The Bertz CT molecular complexity index is 1260. The number of aliphatic carboxylic acids is 1. The Kier molecular flexibility index (Phi) is 7.51. The number of ether oxygens (including phenoxy) is 2. The summed E-state index contributed by atoms with van der Waals surface area (Å²) in [5.74, 6) is -1.58. The van der Waals surface area contributed by atoms with E-state index in [2.05, 4.69) is 0 Å². The monoisotopic (exact) mass is 476 g/mol. The van der Waals surface area contributed by atoms with Crippen molar-refractivity contribution in [3.8, 4) is 22.6 Å². The third-order valence-electron chi connectivity index (χ3n) is 6.45. The number of hydrogen-bond acceptors (Lipinski definition) is 4. The summed E-state index contributed by atoms with van der Waals surface area (Å²) in [7, 11) is 0. The van der Waals surface area contributed by atoms with Crippen LogP contribution in [0.2, 0.25) is 0 Å². The second kappa shape index (κ2) is 10.7. The van der Waals surface area contributed by atoms with Gasteiger partial charge in [0.25, 0.3) is 0 Å². The molecule has 5 nitrogen and oxygen atoms in total. The fraction of sp³-hybridized carbons (Fsp3) is 0.276. The van der Waals surface area contributed by atoms with E-state index in [1.54, 1.807) is 12.1 Å². The Morgan fingerprint density at radius 1 is 1.03 bits per heavy atom. The third-order valence-corrected chi connectivity index (χ3v) is 6.45. The van der Waals surface area contributed by atoms with Gasteiger partial charge < -0.3 is 19.7 Å². The van der Waals surface area contributed by atoms with Crippen LogP contribution in [0.5, 0.6) is 11.5 Å². The van der Waals surface area contributed by atoms with Gasteiger partial charge in [0, 0.05) is 5.56 Å². The smallest absolute Gasteiger partial charge is 0.308 e. The van der Waals surface area contributed by atoms with E-state index < -0.39 is 17.7 Å². The highest BCUT2D eigenvalue weighted by molar-refractivity contribution is 5.79. The first-order chi connectivity index (χ1) is 16.9. The number of aliphatic hydroxyl groups excluding tert-OH is 1. The molecule has 6 heteroatoms. The van der Waals surface area contributed by atoms with Crippen LogP contribution in [-0.4, -0.2) is 36.0 Å². The van der Waals surface area contributed by atoms with E-state index in [9.17, 15) is 9.90 Å². The van der Waals surface area contributed by atoms with Gasteiger partial charge in [0.15, 0.2) is 17.3 Å². The molecule has 0 saturated carbocycles. The molecule has 3 aromatic carbocycles. The van der Waals surface area contributed by atoms with Crippen LogP contribution in [0.4, 0.5) is 4.39 Å². The van der Waals surface area contributed by atoms with Crippen LogP contribution in [0, 0.1) is 25.6 Å². The zero-order chi connectivity index (χ0) is 24.9. The molecule has 1 aliphatic rings. The standard InChI is InChI=1S/C29H29FO5/c1-18-6-7-20(8-9-23(17-31)29(32)33)16-22(18)11-10-21-4-3-5-24(19(21)2)25-12-13-26-28(27(25)30)35-15-14-34-26/h3-7,10-13,16,23,31H,8-9,14-15,17H2,1-2H3,(H,32,33)/b11-10+. The third kappa shape index (κ3) is 5.38. The largest absolute Gasteiger partial charge is 0.486 e. The maximum absolute atomic E-state index is 15.2. The average molecular weight is 477 g/mol. The summed E-state index contributed by atoms with van der Waals surface area (Å²) in [4.78, 5) is 11.2. The number of benzene rings is 3. The van der Waals surface area contributed by atoms with Crippen molar-refractivity contribution in [2.75, 3.05) is 19.8 Å². The van der Waals surface area contributed by atoms with Crippen molar-refractivity contribution >= 4 is 18.1 Å². The summed E-state index contributed by atoms with van der Waals surface area (Å²) < 4.78 is 26.2. The Morgan fingerprint density at radius 3 is 2.57 bits per heavy atom. The van der Waals surface area contributed by atoms with Gasteiger partial charge in [0.2, 0.25) is 0 Å². The highest BCUT2D eigenvalue weighted by atomic mass is 19.1. The number of carboxylic acids is 1. The first kappa shape index (κ1) is 24.5. The van der Waals surface area contributed by atoms with Crippen LogP contribution in [-0.2, 0) is 11.2 Å². The molecule has 35 heavy (non-hydrogen) atoms. The topological polar surface area (TPSA) is 76.0 Å². The first-order valence-corrected chi connectivity index (χ1v) is 11.7. The molecule has 3 aromatic rings. The average Bonchev–Trinajstić information content (AvgIpc) is 2.86. The predicted octanol–water partition coefficient (Wildman–Crippen LogP) is 5.68. The summed E-state index contributed by atoms with van der Waals surface area (Å²) in [5, 5.41) is 18.4. The zero-order valence-electron chi connectivity index (χ0n) is 19.9. The Morgan fingerprint density at radius 2 is 1.80 bits per heavy atom. The van der Waals surface area contributed by atoms with Crippen molar-refractivity contribution < 1.29 is 28.9 Å². The van der Waals surface area contributed by atoms with E-state index in [-0.39, 0.29) is 12.4 Å². The predicted molar refractivity (Wildman–Crippen MR) is 134 cm³/mol. The molecule has 1 aliphatic heterocycles. The van der Waals surface area contributed by atoms with Gasteiger partial charge in [-0.05, 0) is 72.2 Å². The van der Waals surface area contributed by atoms with Crippen molar-refractivity contribution in [1.29, 1.82) is 0 Å². The van der Waals surface area contributed by atoms with Crippen molar-refractivity contribution in [2.45, 2.75) is 26.7 Å². The lowest BCUT2D eigenvalue weighted by Crippen LogP contribution is -2.18. The number of carboxylic acid groups (broad SMARTS) is 1. The molecule has 0 saturated heterocycles. The number of hydrogen-bond donors (Lipinski definition) is 2. The molecular weight excluding hydrogens is 447 g/mol. The Balaban J connectivity index is 1.59. The quantitative estimate of drug-likeness (QED) is 0.409. The Labute approximate surface area is 204 Å². The molecular formula is C29H29FO5. The summed E-state index contributed by atoms with van der Waals surface area (Å²) in [5.41, 5.74) is 6.29. The van der Waals surface area contributed by atoms with Crippen LogP contribution in [0.15, 0.2) is 48.5 Å². The van der Waals surface area contributed by atoms with Crippen LogP contribution >= 0.6 is 0 Å². The molecule has 0 radical (unpaired) electrons. The Hall–Kier alpha value is -3.64. The molecule has 0 spiro atoms. The molecule has 0 amide bonds. The number of halogens is 1. The van der Waals surface area contributed by atoms with Gasteiger partial charge in [0.05, 0.1) is 12.5 Å². The van der Waals surface area contributed by atoms with Gasteiger partial charge >= 0.3 is 5.97 Å². The number of aliphatic hydroxyl groups is 1. The van der Waals surface area contributed by atoms with Gasteiger partial charge in [-0.3, -0.25) is 4.79 Å². The van der Waals surface area contributed by atoms with E-state index in [0.717, 1.165) is 33.4 Å². The van der Waals surface area contributed by atoms with Crippen LogP contribution in [0.1, 0.15) is 34.2 Å². The van der Waals surface area contributed by atoms with Crippen LogP contribution < -0.4 is 9.47 Å². The molecule has 4 rings (SSSR count). The molecule has 2 N–H and O–H groups in total. The minimum Gasteiger partial charge on any atom is -0.486 e.